The average molecular weight is 259 g/mol. The standard InChI is InChI=1S/C18H29N/c1-14-10-11-16(17(12-14)19-4)18(2,3)13-15-8-6-5-7-9-15/h5-9,14,16-17,19H,10-13H2,1-4H3. The van der Waals surface area contributed by atoms with E-state index in [1.54, 1.807) is 0 Å². The molecule has 1 nitrogen and oxygen atoms in total. The first-order valence-corrected chi connectivity index (χ1v) is 7.74. The van der Waals surface area contributed by atoms with E-state index < -0.39 is 0 Å². The molecular weight excluding hydrogens is 230 g/mol. The van der Waals surface area contributed by atoms with Crippen molar-refractivity contribution in [3.05, 3.63) is 35.9 Å². The van der Waals surface area contributed by atoms with Gasteiger partial charge in [-0.05, 0) is 49.1 Å². The summed E-state index contributed by atoms with van der Waals surface area (Å²) in [5.74, 6) is 1.66. The fourth-order valence-corrected chi connectivity index (χ4v) is 3.89. The molecule has 1 heteroatoms. The first kappa shape index (κ1) is 14.6. The van der Waals surface area contributed by atoms with Gasteiger partial charge in [-0.3, -0.25) is 0 Å². The minimum atomic E-state index is 0.370. The number of benzene rings is 1. The lowest BCUT2D eigenvalue weighted by molar-refractivity contribution is 0.0980. The maximum absolute atomic E-state index is 3.58. The molecule has 0 amide bonds. The van der Waals surface area contributed by atoms with Crippen molar-refractivity contribution in [2.45, 2.75) is 52.5 Å². The minimum absolute atomic E-state index is 0.370. The zero-order chi connectivity index (χ0) is 13.9. The van der Waals surface area contributed by atoms with Gasteiger partial charge in [0.1, 0.15) is 0 Å². The van der Waals surface area contributed by atoms with Gasteiger partial charge in [-0.2, -0.15) is 0 Å². The summed E-state index contributed by atoms with van der Waals surface area (Å²) in [6.07, 6.45) is 5.28. The summed E-state index contributed by atoms with van der Waals surface area (Å²) < 4.78 is 0. The van der Waals surface area contributed by atoms with Gasteiger partial charge in [0.05, 0.1) is 0 Å². The maximum Gasteiger partial charge on any atom is 0.0100 e. The van der Waals surface area contributed by atoms with Crippen LogP contribution in [-0.2, 0) is 6.42 Å². The van der Waals surface area contributed by atoms with E-state index in [4.69, 9.17) is 0 Å². The van der Waals surface area contributed by atoms with Crippen LogP contribution in [0.5, 0.6) is 0 Å². The van der Waals surface area contributed by atoms with Crippen LogP contribution in [0.15, 0.2) is 30.3 Å². The highest BCUT2D eigenvalue weighted by Crippen LogP contribution is 2.42. The summed E-state index contributed by atoms with van der Waals surface area (Å²) in [5, 5.41) is 3.58. The first-order chi connectivity index (χ1) is 9.03. The number of hydrogen-bond donors (Lipinski definition) is 1. The summed E-state index contributed by atoms with van der Waals surface area (Å²) >= 11 is 0. The van der Waals surface area contributed by atoms with Crippen LogP contribution in [0.1, 0.15) is 45.6 Å². The van der Waals surface area contributed by atoms with Crippen molar-refractivity contribution in [1.29, 1.82) is 0 Å². The maximum atomic E-state index is 3.58. The van der Waals surface area contributed by atoms with Gasteiger partial charge in [-0.15, -0.1) is 0 Å². The molecule has 0 aromatic heterocycles. The van der Waals surface area contributed by atoms with E-state index >= 15 is 0 Å². The molecule has 0 heterocycles. The highest BCUT2D eigenvalue weighted by atomic mass is 14.9. The van der Waals surface area contributed by atoms with Gasteiger partial charge in [-0.25, -0.2) is 0 Å². The van der Waals surface area contributed by atoms with Crippen LogP contribution in [0.2, 0.25) is 0 Å². The van der Waals surface area contributed by atoms with E-state index in [0.29, 0.717) is 11.5 Å². The van der Waals surface area contributed by atoms with E-state index in [-0.39, 0.29) is 0 Å². The highest BCUT2D eigenvalue weighted by molar-refractivity contribution is 5.16. The van der Waals surface area contributed by atoms with E-state index in [0.717, 1.165) is 11.8 Å². The van der Waals surface area contributed by atoms with Gasteiger partial charge in [0.25, 0.3) is 0 Å². The summed E-state index contributed by atoms with van der Waals surface area (Å²) in [4.78, 5) is 0. The van der Waals surface area contributed by atoms with Crippen molar-refractivity contribution in [2.24, 2.45) is 17.3 Å². The number of rotatable bonds is 4. The van der Waals surface area contributed by atoms with Crippen molar-refractivity contribution in [1.82, 2.24) is 5.32 Å². The predicted octanol–water partition coefficient (Wildman–Crippen LogP) is 4.28. The van der Waals surface area contributed by atoms with Crippen LogP contribution in [0, 0.1) is 17.3 Å². The van der Waals surface area contributed by atoms with E-state index in [1.807, 2.05) is 0 Å². The Balaban J connectivity index is 2.09. The zero-order valence-electron chi connectivity index (χ0n) is 12.9. The fraction of sp³-hybridized carbons (Fsp3) is 0.667. The molecule has 1 aliphatic rings. The summed E-state index contributed by atoms with van der Waals surface area (Å²) in [6, 6.07) is 11.6. The molecule has 0 saturated heterocycles. The third-order valence-electron chi connectivity index (χ3n) is 4.99. The second-order valence-corrected chi connectivity index (χ2v) is 7.07. The molecular formula is C18H29N. The molecule has 3 unspecified atom stereocenters. The SMILES string of the molecule is CNC1CC(C)CCC1C(C)(C)Cc1ccccc1. The van der Waals surface area contributed by atoms with Crippen molar-refractivity contribution in [3.8, 4) is 0 Å². The lowest BCUT2D eigenvalue weighted by atomic mass is 9.64. The van der Waals surface area contributed by atoms with Gasteiger partial charge in [0.2, 0.25) is 0 Å². The zero-order valence-corrected chi connectivity index (χ0v) is 12.9. The largest absolute Gasteiger partial charge is 0.317 e. The molecule has 0 aliphatic heterocycles. The third kappa shape index (κ3) is 3.60. The Morgan fingerprint density at radius 3 is 2.47 bits per heavy atom. The van der Waals surface area contributed by atoms with Gasteiger partial charge in [-0.1, -0.05) is 57.5 Å². The van der Waals surface area contributed by atoms with Crippen LogP contribution in [0.25, 0.3) is 0 Å². The second kappa shape index (κ2) is 6.09. The van der Waals surface area contributed by atoms with Gasteiger partial charge in [0, 0.05) is 6.04 Å². The molecule has 1 aromatic carbocycles. The Kier molecular flexibility index (Phi) is 4.67. The fourth-order valence-electron chi connectivity index (χ4n) is 3.89. The third-order valence-corrected chi connectivity index (χ3v) is 4.99. The minimum Gasteiger partial charge on any atom is -0.317 e. The quantitative estimate of drug-likeness (QED) is 0.851. The Morgan fingerprint density at radius 1 is 1.16 bits per heavy atom. The predicted molar refractivity (Wildman–Crippen MR) is 83.3 cm³/mol. The summed E-state index contributed by atoms with van der Waals surface area (Å²) in [6.45, 7) is 7.29. The number of hydrogen-bond acceptors (Lipinski definition) is 1. The van der Waals surface area contributed by atoms with Crippen molar-refractivity contribution < 1.29 is 0 Å². The topological polar surface area (TPSA) is 12.0 Å². The molecule has 0 spiro atoms. The molecule has 106 valence electrons. The van der Waals surface area contributed by atoms with Crippen molar-refractivity contribution in [2.75, 3.05) is 7.05 Å². The first-order valence-electron chi connectivity index (χ1n) is 7.74. The molecule has 3 atom stereocenters. The summed E-state index contributed by atoms with van der Waals surface area (Å²) in [5.41, 5.74) is 1.84. The average Bonchev–Trinajstić information content (AvgIpc) is 2.38. The Hall–Kier alpha value is -0.820. The van der Waals surface area contributed by atoms with E-state index in [1.165, 1.54) is 31.2 Å². The lowest BCUT2D eigenvalue weighted by Gasteiger charge is -2.44. The molecule has 1 aromatic rings. The van der Waals surface area contributed by atoms with Crippen LogP contribution in [-0.4, -0.2) is 13.1 Å². The Labute approximate surface area is 118 Å². The molecule has 2 rings (SSSR count). The molecule has 1 saturated carbocycles. The van der Waals surface area contributed by atoms with Crippen LogP contribution in [0.3, 0.4) is 0 Å². The molecule has 0 bridgehead atoms. The monoisotopic (exact) mass is 259 g/mol. The smallest absolute Gasteiger partial charge is 0.0100 e. The molecule has 0 radical (unpaired) electrons. The second-order valence-electron chi connectivity index (χ2n) is 7.07. The highest BCUT2D eigenvalue weighted by Gasteiger charge is 2.38. The molecule has 1 fully saturated rings. The number of nitrogens with one attached hydrogen (secondary N) is 1. The van der Waals surface area contributed by atoms with Crippen LogP contribution in [0.4, 0.5) is 0 Å². The van der Waals surface area contributed by atoms with Crippen molar-refractivity contribution >= 4 is 0 Å². The Bertz CT molecular complexity index is 382. The lowest BCUT2D eigenvalue weighted by Crippen LogP contribution is -2.46. The normalized spacial score (nSPS) is 28.3. The molecule has 1 N–H and O–H groups in total. The Morgan fingerprint density at radius 2 is 1.84 bits per heavy atom. The summed E-state index contributed by atoms with van der Waals surface area (Å²) in [7, 11) is 2.13. The van der Waals surface area contributed by atoms with Gasteiger partial charge >= 0.3 is 0 Å². The van der Waals surface area contributed by atoms with Gasteiger partial charge < -0.3 is 5.32 Å². The van der Waals surface area contributed by atoms with Crippen LogP contribution >= 0.6 is 0 Å². The molecule has 1 aliphatic carbocycles. The molecule has 19 heavy (non-hydrogen) atoms. The van der Waals surface area contributed by atoms with Crippen molar-refractivity contribution in [3.63, 3.8) is 0 Å². The van der Waals surface area contributed by atoms with E-state index in [9.17, 15) is 0 Å². The van der Waals surface area contributed by atoms with Gasteiger partial charge in [0.15, 0.2) is 0 Å². The van der Waals surface area contributed by atoms with Crippen LogP contribution < -0.4 is 5.32 Å². The van der Waals surface area contributed by atoms with E-state index in [2.05, 4.69) is 63.5 Å².